The maximum Gasteiger partial charge on any atom is 0.0324 e. The van der Waals surface area contributed by atoms with Crippen molar-refractivity contribution in [2.24, 2.45) is 11.7 Å². The summed E-state index contributed by atoms with van der Waals surface area (Å²) in [7, 11) is 0. The van der Waals surface area contributed by atoms with Crippen molar-refractivity contribution in [3.05, 3.63) is 30.1 Å². The summed E-state index contributed by atoms with van der Waals surface area (Å²) in [6.07, 6.45) is 11.7. The van der Waals surface area contributed by atoms with E-state index >= 15 is 0 Å². The first-order chi connectivity index (χ1) is 7.38. The molecule has 2 heteroatoms. The molecule has 0 aromatic carbocycles. The number of aromatic nitrogens is 1. The van der Waals surface area contributed by atoms with Gasteiger partial charge >= 0.3 is 0 Å². The molecule has 1 saturated carbocycles. The fraction of sp³-hybridized carbons (Fsp3) is 0.615. The smallest absolute Gasteiger partial charge is 0.0324 e. The second kappa shape index (κ2) is 5.26. The van der Waals surface area contributed by atoms with Gasteiger partial charge in [-0.3, -0.25) is 4.98 Å². The summed E-state index contributed by atoms with van der Waals surface area (Å²) in [5.41, 5.74) is 7.56. The molecule has 0 aliphatic heterocycles. The third-order valence-electron chi connectivity index (χ3n) is 3.50. The number of hydrogen-bond donors (Lipinski definition) is 1. The molecule has 1 aromatic heterocycles. The van der Waals surface area contributed by atoms with Crippen molar-refractivity contribution < 1.29 is 0 Å². The van der Waals surface area contributed by atoms with Crippen LogP contribution in [-0.4, -0.2) is 4.98 Å². The quantitative estimate of drug-likeness (QED) is 0.752. The molecule has 0 spiro atoms. The Morgan fingerprint density at radius 2 is 1.67 bits per heavy atom. The summed E-state index contributed by atoms with van der Waals surface area (Å²) in [4.78, 5) is 4.04. The minimum absolute atomic E-state index is 0.214. The van der Waals surface area contributed by atoms with Crippen LogP contribution < -0.4 is 5.73 Å². The topological polar surface area (TPSA) is 38.9 Å². The lowest BCUT2D eigenvalue weighted by molar-refractivity contribution is 0.382. The standard InChI is InChI=1S/C13H20N2/c14-13(12-7-9-15-10-8-12)11-5-3-1-2-4-6-11/h7-11,13H,1-6,14H2. The van der Waals surface area contributed by atoms with Gasteiger partial charge < -0.3 is 5.73 Å². The van der Waals surface area contributed by atoms with E-state index in [2.05, 4.69) is 17.1 Å². The molecule has 1 atom stereocenters. The predicted octanol–water partition coefficient (Wildman–Crippen LogP) is 3.05. The predicted molar refractivity (Wildman–Crippen MR) is 62.4 cm³/mol. The SMILES string of the molecule is NC(c1ccncc1)C1CCCCCC1. The average Bonchev–Trinajstić information content (AvgIpc) is 2.58. The van der Waals surface area contributed by atoms with Gasteiger partial charge in [0, 0.05) is 18.4 Å². The van der Waals surface area contributed by atoms with Gasteiger partial charge in [-0.25, -0.2) is 0 Å². The van der Waals surface area contributed by atoms with Crippen LogP contribution in [0.15, 0.2) is 24.5 Å². The first kappa shape index (κ1) is 10.6. The van der Waals surface area contributed by atoms with Crippen molar-refractivity contribution in [1.29, 1.82) is 0 Å². The summed E-state index contributed by atoms with van der Waals surface area (Å²) >= 11 is 0. The van der Waals surface area contributed by atoms with Gasteiger partial charge in [-0.1, -0.05) is 25.7 Å². The molecule has 2 rings (SSSR count). The highest BCUT2D eigenvalue weighted by Crippen LogP contribution is 2.31. The lowest BCUT2D eigenvalue weighted by atomic mass is 9.88. The summed E-state index contributed by atoms with van der Waals surface area (Å²) in [5, 5.41) is 0. The number of nitrogens with zero attached hydrogens (tertiary/aromatic N) is 1. The minimum Gasteiger partial charge on any atom is -0.324 e. The Bertz CT molecular complexity index is 276. The van der Waals surface area contributed by atoms with Crippen LogP contribution in [0.4, 0.5) is 0 Å². The van der Waals surface area contributed by atoms with E-state index in [1.807, 2.05) is 12.4 Å². The molecule has 2 N–H and O–H groups in total. The Morgan fingerprint density at radius 1 is 1.07 bits per heavy atom. The Hall–Kier alpha value is -0.890. The minimum atomic E-state index is 0.214. The third-order valence-corrected chi connectivity index (χ3v) is 3.50. The summed E-state index contributed by atoms with van der Waals surface area (Å²) < 4.78 is 0. The Kier molecular flexibility index (Phi) is 3.73. The molecule has 1 heterocycles. The molecule has 15 heavy (non-hydrogen) atoms. The Labute approximate surface area is 91.9 Å². The van der Waals surface area contributed by atoms with Gasteiger partial charge in [0.15, 0.2) is 0 Å². The van der Waals surface area contributed by atoms with Crippen molar-refractivity contribution in [2.75, 3.05) is 0 Å². The number of hydrogen-bond acceptors (Lipinski definition) is 2. The van der Waals surface area contributed by atoms with E-state index in [-0.39, 0.29) is 6.04 Å². The van der Waals surface area contributed by atoms with Gasteiger partial charge in [0.2, 0.25) is 0 Å². The zero-order valence-electron chi connectivity index (χ0n) is 9.23. The van der Waals surface area contributed by atoms with Crippen molar-refractivity contribution in [3.63, 3.8) is 0 Å². The molecule has 2 nitrogen and oxygen atoms in total. The molecule has 82 valence electrons. The average molecular weight is 204 g/mol. The lowest BCUT2D eigenvalue weighted by Gasteiger charge is -2.22. The monoisotopic (exact) mass is 204 g/mol. The van der Waals surface area contributed by atoms with Crippen LogP contribution in [0.5, 0.6) is 0 Å². The molecule has 0 amide bonds. The van der Waals surface area contributed by atoms with E-state index in [0.717, 1.165) is 0 Å². The molecular formula is C13H20N2. The fourth-order valence-corrected chi connectivity index (χ4v) is 2.53. The van der Waals surface area contributed by atoms with Crippen LogP contribution >= 0.6 is 0 Å². The van der Waals surface area contributed by atoms with Crippen molar-refractivity contribution in [1.82, 2.24) is 4.98 Å². The molecular weight excluding hydrogens is 184 g/mol. The maximum atomic E-state index is 6.31. The second-order valence-electron chi connectivity index (χ2n) is 4.56. The molecule has 0 saturated heterocycles. The van der Waals surface area contributed by atoms with E-state index in [1.54, 1.807) is 0 Å². The highest BCUT2D eigenvalue weighted by Gasteiger charge is 2.20. The zero-order chi connectivity index (χ0) is 10.5. The van der Waals surface area contributed by atoms with Crippen LogP contribution in [0.1, 0.15) is 50.1 Å². The normalized spacial score (nSPS) is 20.9. The van der Waals surface area contributed by atoms with E-state index < -0.39 is 0 Å². The third kappa shape index (κ3) is 2.78. The van der Waals surface area contributed by atoms with Crippen LogP contribution in [0.3, 0.4) is 0 Å². The molecule has 1 aliphatic rings. The largest absolute Gasteiger partial charge is 0.324 e. The van der Waals surface area contributed by atoms with Crippen LogP contribution in [0, 0.1) is 5.92 Å². The number of rotatable bonds is 2. The van der Waals surface area contributed by atoms with E-state index in [4.69, 9.17) is 5.73 Å². The second-order valence-corrected chi connectivity index (χ2v) is 4.56. The van der Waals surface area contributed by atoms with Gasteiger partial charge in [0.1, 0.15) is 0 Å². The van der Waals surface area contributed by atoms with Crippen LogP contribution in [0.2, 0.25) is 0 Å². The van der Waals surface area contributed by atoms with Gasteiger partial charge in [-0.15, -0.1) is 0 Å². The van der Waals surface area contributed by atoms with Crippen LogP contribution in [-0.2, 0) is 0 Å². The highest BCUT2D eigenvalue weighted by atomic mass is 14.7. The maximum absolute atomic E-state index is 6.31. The number of nitrogens with two attached hydrogens (primary N) is 1. The molecule has 1 unspecified atom stereocenters. The number of pyridine rings is 1. The van der Waals surface area contributed by atoms with Gasteiger partial charge in [-0.2, -0.15) is 0 Å². The highest BCUT2D eigenvalue weighted by molar-refractivity contribution is 5.15. The van der Waals surface area contributed by atoms with Gasteiger partial charge in [0.25, 0.3) is 0 Å². The van der Waals surface area contributed by atoms with Gasteiger partial charge in [0.05, 0.1) is 0 Å². The Balaban J connectivity index is 2.03. The summed E-state index contributed by atoms with van der Waals surface area (Å²) in [6, 6.07) is 4.32. The van der Waals surface area contributed by atoms with Gasteiger partial charge in [-0.05, 0) is 36.5 Å². The van der Waals surface area contributed by atoms with Crippen molar-refractivity contribution in [2.45, 2.75) is 44.6 Å². The van der Waals surface area contributed by atoms with Crippen molar-refractivity contribution >= 4 is 0 Å². The lowest BCUT2D eigenvalue weighted by Crippen LogP contribution is -2.21. The molecule has 1 fully saturated rings. The summed E-state index contributed by atoms with van der Waals surface area (Å²) in [6.45, 7) is 0. The molecule has 0 bridgehead atoms. The summed E-state index contributed by atoms with van der Waals surface area (Å²) in [5.74, 6) is 0.676. The van der Waals surface area contributed by atoms with Crippen molar-refractivity contribution in [3.8, 4) is 0 Å². The fourth-order valence-electron chi connectivity index (χ4n) is 2.53. The van der Waals surface area contributed by atoms with E-state index in [1.165, 1.54) is 44.1 Å². The zero-order valence-corrected chi connectivity index (χ0v) is 9.23. The van der Waals surface area contributed by atoms with E-state index in [0.29, 0.717) is 5.92 Å². The Morgan fingerprint density at radius 3 is 2.27 bits per heavy atom. The molecule has 1 aliphatic carbocycles. The first-order valence-corrected chi connectivity index (χ1v) is 6.03. The van der Waals surface area contributed by atoms with E-state index in [9.17, 15) is 0 Å². The van der Waals surface area contributed by atoms with Crippen LogP contribution in [0.25, 0.3) is 0 Å². The first-order valence-electron chi connectivity index (χ1n) is 6.03. The molecule has 1 aromatic rings. The molecule has 0 radical (unpaired) electrons.